The van der Waals surface area contributed by atoms with Crippen LogP contribution in [0, 0.1) is 5.82 Å². The quantitative estimate of drug-likeness (QED) is 0.483. The van der Waals surface area contributed by atoms with Crippen LogP contribution in [-0.2, 0) is 7.05 Å². The van der Waals surface area contributed by atoms with Crippen LogP contribution in [0.2, 0.25) is 0 Å². The SMILES string of the molecule is COc1ccc(OC)c(-c2cc(-c3ccc(NC(=O)c4ccccc4F)nc3)n(C)n2)c1. The van der Waals surface area contributed by atoms with Gasteiger partial charge in [0.25, 0.3) is 5.91 Å². The van der Waals surface area contributed by atoms with E-state index in [9.17, 15) is 9.18 Å². The molecule has 0 radical (unpaired) electrons. The molecule has 0 unspecified atom stereocenters. The number of nitrogens with one attached hydrogen (secondary N) is 1. The van der Waals surface area contributed by atoms with E-state index in [0.717, 1.165) is 22.5 Å². The van der Waals surface area contributed by atoms with E-state index >= 15 is 0 Å². The van der Waals surface area contributed by atoms with Gasteiger partial charge in [-0.25, -0.2) is 9.37 Å². The highest BCUT2D eigenvalue weighted by atomic mass is 19.1. The molecule has 162 valence electrons. The number of anilines is 1. The van der Waals surface area contributed by atoms with Gasteiger partial charge in [0.15, 0.2) is 0 Å². The monoisotopic (exact) mass is 432 g/mol. The highest BCUT2D eigenvalue weighted by Crippen LogP contribution is 2.34. The molecule has 7 nitrogen and oxygen atoms in total. The van der Waals surface area contributed by atoms with Crippen LogP contribution in [0.25, 0.3) is 22.5 Å². The predicted octanol–water partition coefficient (Wildman–Crippen LogP) is 4.56. The van der Waals surface area contributed by atoms with Crippen molar-refractivity contribution in [2.45, 2.75) is 0 Å². The number of methoxy groups -OCH3 is 2. The zero-order valence-electron chi connectivity index (χ0n) is 17.8. The number of rotatable bonds is 6. The fourth-order valence-corrected chi connectivity index (χ4v) is 3.33. The van der Waals surface area contributed by atoms with E-state index in [1.807, 2.05) is 37.4 Å². The Hall–Kier alpha value is -4.20. The van der Waals surface area contributed by atoms with Gasteiger partial charge < -0.3 is 14.8 Å². The number of aromatic nitrogens is 3. The lowest BCUT2D eigenvalue weighted by Gasteiger charge is -2.08. The highest BCUT2D eigenvalue weighted by molar-refractivity contribution is 6.04. The molecular formula is C24H21FN4O3. The first-order valence-corrected chi connectivity index (χ1v) is 9.79. The lowest BCUT2D eigenvalue weighted by Crippen LogP contribution is -2.14. The third kappa shape index (κ3) is 4.15. The topological polar surface area (TPSA) is 78.3 Å². The summed E-state index contributed by atoms with van der Waals surface area (Å²) < 4.78 is 26.3. The maximum absolute atomic E-state index is 13.8. The van der Waals surface area contributed by atoms with Crippen LogP contribution in [0.4, 0.5) is 10.2 Å². The molecule has 1 N–H and O–H groups in total. The van der Waals surface area contributed by atoms with Gasteiger partial charge >= 0.3 is 0 Å². The third-order valence-electron chi connectivity index (χ3n) is 4.98. The van der Waals surface area contributed by atoms with Crippen molar-refractivity contribution >= 4 is 11.7 Å². The van der Waals surface area contributed by atoms with Gasteiger partial charge in [0.2, 0.25) is 0 Å². The second-order valence-corrected chi connectivity index (χ2v) is 6.97. The number of halogens is 1. The molecule has 2 heterocycles. The third-order valence-corrected chi connectivity index (χ3v) is 4.98. The first-order valence-electron chi connectivity index (χ1n) is 9.79. The fraction of sp³-hybridized carbons (Fsp3) is 0.125. The van der Waals surface area contributed by atoms with E-state index in [1.54, 1.807) is 37.2 Å². The summed E-state index contributed by atoms with van der Waals surface area (Å²) in [7, 11) is 5.04. The maximum atomic E-state index is 13.8. The summed E-state index contributed by atoms with van der Waals surface area (Å²) in [6.45, 7) is 0. The summed E-state index contributed by atoms with van der Waals surface area (Å²) in [5.74, 6) is 0.552. The second kappa shape index (κ2) is 8.89. The second-order valence-electron chi connectivity index (χ2n) is 6.97. The molecule has 0 aliphatic carbocycles. The summed E-state index contributed by atoms with van der Waals surface area (Å²) in [5, 5.41) is 7.21. The number of carbonyl (C=O) groups excluding carboxylic acids is 1. The molecule has 0 aliphatic rings. The number of aryl methyl sites for hydroxylation is 1. The number of pyridine rings is 1. The molecule has 8 heteroatoms. The van der Waals surface area contributed by atoms with E-state index in [1.165, 1.54) is 18.2 Å². The molecule has 4 rings (SSSR count). The van der Waals surface area contributed by atoms with Gasteiger partial charge in [0, 0.05) is 24.4 Å². The lowest BCUT2D eigenvalue weighted by molar-refractivity contribution is 0.102. The normalized spacial score (nSPS) is 10.6. The first-order chi connectivity index (χ1) is 15.5. The average Bonchev–Trinajstić information content (AvgIpc) is 3.20. The van der Waals surface area contributed by atoms with Crippen LogP contribution in [-0.4, -0.2) is 34.9 Å². The number of hydrogen-bond donors (Lipinski definition) is 1. The van der Waals surface area contributed by atoms with Crippen molar-refractivity contribution in [3.05, 3.63) is 78.2 Å². The lowest BCUT2D eigenvalue weighted by atomic mass is 10.1. The van der Waals surface area contributed by atoms with Gasteiger partial charge in [-0.2, -0.15) is 5.10 Å². The molecule has 1 amide bonds. The molecule has 4 aromatic rings. The van der Waals surface area contributed by atoms with Crippen LogP contribution in [0.5, 0.6) is 11.5 Å². The minimum Gasteiger partial charge on any atom is -0.497 e. The van der Waals surface area contributed by atoms with Crippen LogP contribution in [0.3, 0.4) is 0 Å². The van der Waals surface area contributed by atoms with Crippen molar-refractivity contribution in [2.75, 3.05) is 19.5 Å². The molecule has 0 saturated carbocycles. The number of amides is 1. The molecule has 0 saturated heterocycles. The van der Waals surface area contributed by atoms with E-state index in [2.05, 4.69) is 15.4 Å². The maximum Gasteiger partial charge on any atom is 0.259 e. The molecule has 2 aromatic heterocycles. The van der Waals surface area contributed by atoms with Gasteiger partial charge in [-0.3, -0.25) is 9.48 Å². The molecule has 32 heavy (non-hydrogen) atoms. The van der Waals surface area contributed by atoms with Crippen LogP contribution < -0.4 is 14.8 Å². The molecule has 0 bridgehead atoms. The standard InChI is InChI=1S/C24H21FN4O3/c1-29-21(13-20(28-29)18-12-16(31-2)9-10-22(18)32-3)15-8-11-23(26-14-15)27-24(30)17-6-4-5-7-19(17)25/h4-14H,1-3H3,(H,26,27,30). The zero-order chi connectivity index (χ0) is 22.7. The fourth-order valence-electron chi connectivity index (χ4n) is 3.33. The Labute approximate surface area is 184 Å². The minimum atomic E-state index is -0.586. The molecule has 0 spiro atoms. The summed E-state index contributed by atoms with van der Waals surface area (Å²) in [5.41, 5.74) is 3.11. The molecular weight excluding hydrogens is 411 g/mol. The Balaban J connectivity index is 1.59. The summed E-state index contributed by atoms with van der Waals surface area (Å²) in [6.07, 6.45) is 1.63. The molecule has 0 aliphatic heterocycles. The predicted molar refractivity (Wildman–Crippen MR) is 119 cm³/mol. The molecule has 0 atom stereocenters. The Morgan fingerprint density at radius 3 is 2.53 bits per heavy atom. The van der Waals surface area contributed by atoms with Crippen molar-refractivity contribution < 1.29 is 18.7 Å². The molecule has 2 aromatic carbocycles. The van der Waals surface area contributed by atoms with E-state index in [4.69, 9.17) is 9.47 Å². The minimum absolute atomic E-state index is 0.0399. The summed E-state index contributed by atoms with van der Waals surface area (Å²) >= 11 is 0. The van der Waals surface area contributed by atoms with Gasteiger partial charge in [-0.15, -0.1) is 0 Å². The molecule has 0 fully saturated rings. The highest BCUT2D eigenvalue weighted by Gasteiger charge is 2.15. The van der Waals surface area contributed by atoms with Gasteiger partial charge in [0.05, 0.1) is 31.2 Å². The van der Waals surface area contributed by atoms with Crippen molar-refractivity contribution in [3.63, 3.8) is 0 Å². The Bertz CT molecular complexity index is 1270. The van der Waals surface area contributed by atoms with E-state index in [-0.39, 0.29) is 5.56 Å². The van der Waals surface area contributed by atoms with Crippen LogP contribution in [0.15, 0.2) is 66.9 Å². The van der Waals surface area contributed by atoms with Crippen molar-refractivity contribution in [3.8, 4) is 34.0 Å². The smallest absolute Gasteiger partial charge is 0.259 e. The zero-order valence-corrected chi connectivity index (χ0v) is 17.8. The van der Waals surface area contributed by atoms with Gasteiger partial charge in [0.1, 0.15) is 23.1 Å². The summed E-state index contributed by atoms with van der Waals surface area (Å²) in [6, 6.07) is 16.7. The van der Waals surface area contributed by atoms with Crippen LogP contribution >= 0.6 is 0 Å². The first kappa shape index (κ1) is 21.0. The van der Waals surface area contributed by atoms with Gasteiger partial charge in [-0.1, -0.05) is 12.1 Å². The van der Waals surface area contributed by atoms with E-state index < -0.39 is 11.7 Å². The number of nitrogens with zero attached hydrogens (tertiary/aromatic N) is 3. The summed E-state index contributed by atoms with van der Waals surface area (Å²) in [4.78, 5) is 16.6. The number of benzene rings is 2. The van der Waals surface area contributed by atoms with Crippen molar-refractivity contribution in [1.29, 1.82) is 0 Å². The Kier molecular flexibility index (Phi) is 5.85. The van der Waals surface area contributed by atoms with Crippen molar-refractivity contribution in [1.82, 2.24) is 14.8 Å². The Morgan fingerprint density at radius 1 is 1.03 bits per heavy atom. The van der Waals surface area contributed by atoms with Crippen LogP contribution in [0.1, 0.15) is 10.4 Å². The Morgan fingerprint density at radius 2 is 1.84 bits per heavy atom. The van der Waals surface area contributed by atoms with Gasteiger partial charge in [-0.05, 0) is 48.5 Å². The number of hydrogen-bond acceptors (Lipinski definition) is 5. The van der Waals surface area contributed by atoms with Crippen molar-refractivity contribution in [2.24, 2.45) is 7.05 Å². The largest absolute Gasteiger partial charge is 0.497 e. The number of ether oxygens (including phenoxy) is 2. The van der Waals surface area contributed by atoms with E-state index in [0.29, 0.717) is 17.3 Å². The average molecular weight is 432 g/mol. The number of carbonyl (C=O) groups is 1.